The average molecular weight is 385 g/mol. The molecule has 0 radical (unpaired) electrons. The van der Waals surface area contributed by atoms with Crippen LogP contribution in [0.15, 0.2) is 24.3 Å². The van der Waals surface area contributed by atoms with Gasteiger partial charge in [0.2, 0.25) is 15.9 Å². The number of piperidine rings is 1. The number of carbonyl (C=O) groups is 1. The predicted molar refractivity (Wildman–Crippen MR) is 99.2 cm³/mol. The Kier molecular flexibility index (Phi) is 5.42. The van der Waals surface area contributed by atoms with Gasteiger partial charge in [-0.1, -0.05) is 30.7 Å². The third-order valence-electron chi connectivity index (χ3n) is 5.21. The molecule has 2 fully saturated rings. The van der Waals surface area contributed by atoms with Crippen LogP contribution in [0.2, 0.25) is 5.02 Å². The highest BCUT2D eigenvalue weighted by Crippen LogP contribution is 2.49. The van der Waals surface area contributed by atoms with Crippen molar-refractivity contribution >= 4 is 27.5 Å². The fourth-order valence-electron chi connectivity index (χ4n) is 3.55. The van der Waals surface area contributed by atoms with Crippen molar-refractivity contribution in [1.82, 2.24) is 9.62 Å². The van der Waals surface area contributed by atoms with Crippen molar-refractivity contribution in [3.05, 3.63) is 34.9 Å². The Morgan fingerprint density at radius 2 is 2.00 bits per heavy atom. The molecule has 1 aliphatic carbocycles. The second-order valence-electron chi connectivity index (χ2n) is 7.06. The van der Waals surface area contributed by atoms with Crippen LogP contribution in [0.4, 0.5) is 0 Å². The van der Waals surface area contributed by atoms with Crippen molar-refractivity contribution in [3.63, 3.8) is 0 Å². The van der Waals surface area contributed by atoms with E-state index in [0.717, 1.165) is 18.4 Å². The van der Waals surface area contributed by atoms with Gasteiger partial charge in [-0.15, -0.1) is 0 Å². The zero-order valence-corrected chi connectivity index (χ0v) is 16.1. The summed E-state index contributed by atoms with van der Waals surface area (Å²) in [7, 11) is -3.14. The molecule has 138 valence electrons. The van der Waals surface area contributed by atoms with Crippen LogP contribution in [0.1, 0.15) is 44.6 Å². The van der Waals surface area contributed by atoms with Gasteiger partial charge in [-0.05, 0) is 49.8 Å². The zero-order valence-electron chi connectivity index (χ0n) is 14.5. The van der Waals surface area contributed by atoms with E-state index < -0.39 is 15.4 Å². The highest BCUT2D eigenvalue weighted by molar-refractivity contribution is 7.89. The molecule has 7 heteroatoms. The van der Waals surface area contributed by atoms with Crippen molar-refractivity contribution in [3.8, 4) is 0 Å². The summed E-state index contributed by atoms with van der Waals surface area (Å²) < 4.78 is 25.8. The highest BCUT2D eigenvalue weighted by atomic mass is 35.5. The van der Waals surface area contributed by atoms with Crippen LogP contribution in [0, 0.1) is 0 Å². The normalized spacial score (nSPS) is 21.0. The lowest BCUT2D eigenvalue weighted by Crippen LogP contribution is -2.49. The Labute approximate surface area is 154 Å². The van der Waals surface area contributed by atoms with Crippen LogP contribution in [-0.2, 0) is 20.2 Å². The molecular formula is C18H25ClN2O3S. The molecule has 1 N–H and O–H groups in total. The third kappa shape index (κ3) is 4.01. The molecule has 0 unspecified atom stereocenters. The lowest BCUT2D eigenvalue weighted by molar-refractivity contribution is -0.124. The van der Waals surface area contributed by atoms with Crippen LogP contribution in [0.5, 0.6) is 0 Å². The van der Waals surface area contributed by atoms with Gasteiger partial charge in [0.1, 0.15) is 0 Å². The smallest absolute Gasteiger partial charge is 0.230 e. The number of hydrogen-bond acceptors (Lipinski definition) is 3. The van der Waals surface area contributed by atoms with Crippen LogP contribution in [0.3, 0.4) is 0 Å². The van der Waals surface area contributed by atoms with Crippen LogP contribution >= 0.6 is 11.6 Å². The highest BCUT2D eigenvalue weighted by Gasteiger charge is 2.51. The monoisotopic (exact) mass is 384 g/mol. The zero-order chi connectivity index (χ0) is 18.1. The summed E-state index contributed by atoms with van der Waals surface area (Å²) in [6.45, 7) is 2.84. The minimum absolute atomic E-state index is 0.0391. The lowest BCUT2D eigenvalue weighted by atomic mass is 9.94. The fraction of sp³-hybridized carbons (Fsp3) is 0.611. The number of benzene rings is 1. The van der Waals surface area contributed by atoms with E-state index in [1.54, 1.807) is 4.31 Å². The van der Waals surface area contributed by atoms with Gasteiger partial charge < -0.3 is 5.32 Å². The Morgan fingerprint density at radius 1 is 1.32 bits per heavy atom. The van der Waals surface area contributed by atoms with Gasteiger partial charge in [0.25, 0.3) is 0 Å². The molecule has 1 saturated carbocycles. The molecule has 25 heavy (non-hydrogen) atoms. The van der Waals surface area contributed by atoms with Crippen molar-refractivity contribution in [2.24, 2.45) is 0 Å². The molecule has 1 aliphatic heterocycles. The van der Waals surface area contributed by atoms with Gasteiger partial charge in [-0.3, -0.25) is 4.79 Å². The van der Waals surface area contributed by atoms with Crippen molar-refractivity contribution in [1.29, 1.82) is 0 Å². The van der Waals surface area contributed by atoms with E-state index in [0.29, 0.717) is 37.4 Å². The summed E-state index contributed by atoms with van der Waals surface area (Å²) in [6.07, 6.45) is 3.63. The number of amides is 1. The first-order chi connectivity index (χ1) is 11.9. The maximum absolute atomic E-state index is 12.8. The van der Waals surface area contributed by atoms with Gasteiger partial charge >= 0.3 is 0 Å². The molecule has 0 atom stereocenters. The van der Waals surface area contributed by atoms with E-state index in [1.807, 2.05) is 31.2 Å². The number of nitrogens with one attached hydrogen (secondary N) is 1. The summed E-state index contributed by atoms with van der Waals surface area (Å²) in [4.78, 5) is 12.8. The molecule has 0 aromatic heterocycles. The summed E-state index contributed by atoms with van der Waals surface area (Å²) in [5.74, 6) is 0.242. The largest absolute Gasteiger partial charge is 0.352 e. The van der Waals surface area contributed by atoms with E-state index in [2.05, 4.69) is 5.32 Å². The number of halogens is 1. The molecule has 0 spiro atoms. The van der Waals surface area contributed by atoms with E-state index >= 15 is 0 Å². The maximum Gasteiger partial charge on any atom is 0.230 e. The summed E-state index contributed by atoms with van der Waals surface area (Å²) >= 11 is 6.07. The van der Waals surface area contributed by atoms with Crippen molar-refractivity contribution < 1.29 is 13.2 Å². The predicted octanol–water partition coefficient (Wildman–Crippen LogP) is 2.69. The number of carbonyl (C=O) groups excluding carboxylic acids is 1. The number of rotatable bonds is 6. The first kappa shape index (κ1) is 18.7. The van der Waals surface area contributed by atoms with Crippen molar-refractivity contribution in [2.45, 2.75) is 50.5 Å². The molecule has 0 bridgehead atoms. The van der Waals surface area contributed by atoms with Gasteiger partial charge in [0, 0.05) is 24.2 Å². The molecular weight excluding hydrogens is 360 g/mol. The SMILES string of the molecule is CCCS(=O)(=O)N1CCC(NC(=O)C2(c3cccc(Cl)c3)CC2)CC1. The maximum atomic E-state index is 12.8. The number of sulfonamides is 1. The summed E-state index contributed by atoms with van der Waals surface area (Å²) in [5.41, 5.74) is 0.525. The molecule has 5 nitrogen and oxygen atoms in total. The molecule has 1 aromatic carbocycles. The Bertz CT molecular complexity index is 738. The molecule has 3 rings (SSSR count). The molecule has 2 aliphatic rings. The summed E-state index contributed by atoms with van der Waals surface area (Å²) in [6, 6.07) is 7.55. The standard InChI is InChI=1S/C18H25ClN2O3S/c1-2-12-25(23,24)21-10-6-16(7-11-21)20-17(22)18(8-9-18)14-4-3-5-15(19)13-14/h3-5,13,16H,2,6-12H2,1H3,(H,20,22). The Balaban J connectivity index is 1.58. The van der Waals surface area contributed by atoms with Gasteiger partial charge in [-0.2, -0.15) is 0 Å². The molecule has 1 aromatic rings. The van der Waals surface area contributed by atoms with E-state index in [-0.39, 0.29) is 17.7 Å². The Hall–Kier alpha value is -1.11. The van der Waals surface area contributed by atoms with Crippen molar-refractivity contribution in [2.75, 3.05) is 18.8 Å². The Morgan fingerprint density at radius 3 is 2.56 bits per heavy atom. The minimum Gasteiger partial charge on any atom is -0.352 e. The van der Waals surface area contributed by atoms with Gasteiger partial charge in [-0.25, -0.2) is 12.7 Å². The molecule has 1 amide bonds. The van der Waals surface area contributed by atoms with Crippen LogP contribution < -0.4 is 5.32 Å². The topological polar surface area (TPSA) is 66.5 Å². The van der Waals surface area contributed by atoms with Gasteiger partial charge in [0.05, 0.1) is 11.2 Å². The second kappa shape index (κ2) is 7.25. The minimum atomic E-state index is -3.14. The van der Waals surface area contributed by atoms with E-state index in [9.17, 15) is 13.2 Å². The van der Waals surface area contributed by atoms with E-state index in [1.165, 1.54) is 0 Å². The molecule has 1 saturated heterocycles. The van der Waals surface area contributed by atoms with Gasteiger partial charge in [0.15, 0.2) is 0 Å². The van der Waals surface area contributed by atoms with Crippen LogP contribution in [0.25, 0.3) is 0 Å². The number of nitrogens with zero attached hydrogens (tertiary/aromatic N) is 1. The average Bonchev–Trinajstić information content (AvgIpc) is 3.37. The first-order valence-electron chi connectivity index (χ1n) is 8.92. The summed E-state index contributed by atoms with van der Waals surface area (Å²) in [5, 5.41) is 3.78. The third-order valence-corrected chi connectivity index (χ3v) is 7.52. The molecule has 1 heterocycles. The quantitative estimate of drug-likeness (QED) is 0.819. The fourth-order valence-corrected chi connectivity index (χ4v) is 5.28. The second-order valence-corrected chi connectivity index (χ2v) is 9.58. The number of hydrogen-bond donors (Lipinski definition) is 1. The first-order valence-corrected chi connectivity index (χ1v) is 10.9. The van der Waals surface area contributed by atoms with Crippen LogP contribution in [-0.4, -0.2) is 43.5 Å². The van der Waals surface area contributed by atoms with E-state index in [4.69, 9.17) is 11.6 Å². The lowest BCUT2D eigenvalue weighted by Gasteiger charge is -2.32.